The Morgan fingerprint density at radius 3 is 3.30 bits per heavy atom. The summed E-state index contributed by atoms with van der Waals surface area (Å²) in [6, 6.07) is 0. The third-order valence-corrected chi connectivity index (χ3v) is 1.69. The van der Waals surface area contributed by atoms with Gasteiger partial charge in [0.1, 0.15) is 6.26 Å². The molecule has 1 aliphatic carbocycles. The smallest absolute Gasteiger partial charge is 0.117 e. The first-order valence-corrected chi connectivity index (χ1v) is 3.34. The van der Waals surface area contributed by atoms with Crippen LogP contribution in [0.1, 0.15) is 6.42 Å². The highest BCUT2D eigenvalue weighted by atomic mass is 16.6. The van der Waals surface area contributed by atoms with Crippen LogP contribution in [-0.2, 0) is 4.84 Å². The number of hydrogen-bond acceptors (Lipinski definition) is 1. The molecule has 0 aromatic carbocycles. The second kappa shape index (κ2) is 2.31. The molecule has 0 bridgehead atoms. The molecule has 2 rings (SSSR count). The monoisotopic (exact) mass is 134 g/mol. The quantitative estimate of drug-likeness (QED) is 0.490. The van der Waals surface area contributed by atoms with Gasteiger partial charge in [-0.3, -0.25) is 0 Å². The van der Waals surface area contributed by atoms with Crippen molar-refractivity contribution in [2.75, 3.05) is 6.54 Å². The first-order chi connectivity index (χ1) is 4.97. The number of hydroxylamine groups is 1. The highest BCUT2D eigenvalue weighted by Crippen LogP contribution is 2.21. The normalized spacial score (nSPS) is 22.4. The predicted molar refractivity (Wildman–Crippen MR) is 38.0 cm³/mol. The molecule has 10 heavy (non-hydrogen) atoms. The van der Waals surface area contributed by atoms with Crippen molar-refractivity contribution in [1.29, 1.82) is 0 Å². The lowest BCUT2D eigenvalue weighted by atomic mass is 9.99. The van der Waals surface area contributed by atoms with Crippen LogP contribution in [0.25, 0.3) is 0 Å². The Labute approximate surface area is 59.8 Å². The Balaban J connectivity index is 2.32. The molecular formula is C8H8NO. The fourth-order valence-corrected chi connectivity index (χ4v) is 1.10. The van der Waals surface area contributed by atoms with Gasteiger partial charge in [-0.15, -0.1) is 0 Å². The third-order valence-electron chi connectivity index (χ3n) is 1.69. The van der Waals surface area contributed by atoms with Crippen molar-refractivity contribution >= 4 is 0 Å². The molecule has 0 N–H and O–H groups in total. The van der Waals surface area contributed by atoms with Crippen LogP contribution in [0.3, 0.4) is 0 Å². The van der Waals surface area contributed by atoms with Gasteiger partial charge in [-0.05, 0) is 23.0 Å². The van der Waals surface area contributed by atoms with E-state index in [1.807, 2.05) is 0 Å². The fraction of sp³-hybridized carbons (Fsp3) is 0.250. The number of hydrogen-bond donors (Lipinski definition) is 0. The van der Waals surface area contributed by atoms with Crippen molar-refractivity contribution in [3.05, 3.63) is 35.6 Å². The summed E-state index contributed by atoms with van der Waals surface area (Å²) in [6.07, 6.45) is 8.97. The zero-order valence-electron chi connectivity index (χ0n) is 5.58. The minimum Gasteiger partial charge on any atom is -0.395 e. The Morgan fingerprint density at radius 2 is 2.40 bits per heavy atom. The molecule has 1 aliphatic heterocycles. The van der Waals surface area contributed by atoms with Gasteiger partial charge in [0, 0.05) is 0 Å². The van der Waals surface area contributed by atoms with E-state index in [2.05, 4.69) is 23.7 Å². The number of rotatable bonds is 0. The van der Waals surface area contributed by atoms with Crippen molar-refractivity contribution in [2.45, 2.75) is 6.42 Å². The van der Waals surface area contributed by atoms with Crippen LogP contribution in [-0.4, -0.2) is 6.54 Å². The summed E-state index contributed by atoms with van der Waals surface area (Å²) in [5, 5.41) is 0. The van der Waals surface area contributed by atoms with Crippen LogP contribution in [0.5, 0.6) is 0 Å². The standard InChI is InChI=1S/C8H8NO/c1-2-4-8-6-10-9-5-7(8)3-1/h1-3,6H,4-5H2. The lowest BCUT2D eigenvalue weighted by Crippen LogP contribution is -2.15. The van der Waals surface area contributed by atoms with Crippen molar-refractivity contribution < 1.29 is 4.84 Å². The van der Waals surface area contributed by atoms with Gasteiger partial charge in [-0.2, -0.15) is 0 Å². The van der Waals surface area contributed by atoms with Gasteiger partial charge in [0.05, 0.1) is 6.54 Å². The molecule has 2 nitrogen and oxygen atoms in total. The van der Waals surface area contributed by atoms with Gasteiger partial charge in [-0.1, -0.05) is 18.2 Å². The maximum atomic E-state index is 4.83. The molecule has 1 radical (unpaired) electrons. The van der Waals surface area contributed by atoms with Gasteiger partial charge in [0.15, 0.2) is 0 Å². The Morgan fingerprint density at radius 1 is 1.40 bits per heavy atom. The highest BCUT2D eigenvalue weighted by Gasteiger charge is 2.11. The molecule has 2 aliphatic rings. The predicted octanol–water partition coefficient (Wildman–Crippen LogP) is 1.31. The summed E-state index contributed by atoms with van der Waals surface area (Å²) in [5.74, 6) is 0. The van der Waals surface area contributed by atoms with E-state index in [0.29, 0.717) is 6.54 Å². The summed E-state index contributed by atoms with van der Waals surface area (Å²) in [5.41, 5.74) is 6.33. The van der Waals surface area contributed by atoms with Crippen LogP contribution in [0.4, 0.5) is 0 Å². The minimum absolute atomic E-state index is 0.705. The average Bonchev–Trinajstić information content (AvgIpc) is 2.05. The molecule has 1 heterocycles. The summed E-state index contributed by atoms with van der Waals surface area (Å²) < 4.78 is 0. The maximum Gasteiger partial charge on any atom is 0.117 e. The molecule has 51 valence electrons. The molecule has 0 spiro atoms. The van der Waals surface area contributed by atoms with E-state index in [1.54, 1.807) is 6.26 Å². The number of fused-ring (bicyclic) bond motifs is 1. The highest BCUT2D eigenvalue weighted by molar-refractivity contribution is 5.39. The molecule has 0 saturated heterocycles. The van der Waals surface area contributed by atoms with Crippen molar-refractivity contribution in [3.63, 3.8) is 0 Å². The Hall–Kier alpha value is -1.02. The van der Waals surface area contributed by atoms with E-state index in [0.717, 1.165) is 6.42 Å². The van der Waals surface area contributed by atoms with Gasteiger partial charge >= 0.3 is 0 Å². The molecule has 0 saturated carbocycles. The first-order valence-electron chi connectivity index (χ1n) is 3.34. The molecule has 0 aromatic rings. The second-order valence-electron chi connectivity index (χ2n) is 2.36. The van der Waals surface area contributed by atoms with E-state index < -0.39 is 0 Å². The molecule has 0 amide bonds. The van der Waals surface area contributed by atoms with Gasteiger partial charge in [0.25, 0.3) is 0 Å². The zero-order chi connectivity index (χ0) is 6.81. The fourth-order valence-electron chi connectivity index (χ4n) is 1.10. The molecule has 2 heteroatoms. The largest absolute Gasteiger partial charge is 0.395 e. The lowest BCUT2D eigenvalue weighted by molar-refractivity contribution is 0.122. The maximum absolute atomic E-state index is 4.83. The Kier molecular flexibility index (Phi) is 1.32. The summed E-state index contributed by atoms with van der Waals surface area (Å²) >= 11 is 0. The van der Waals surface area contributed by atoms with Crippen molar-refractivity contribution in [1.82, 2.24) is 5.48 Å². The van der Waals surface area contributed by atoms with Crippen molar-refractivity contribution in [3.8, 4) is 0 Å². The number of nitrogens with zero attached hydrogens (tertiary/aromatic N) is 1. The zero-order valence-corrected chi connectivity index (χ0v) is 5.58. The van der Waals surface area contributed by atoms with Crippen LogP contribution >= 0.6 is 0 Å². The SMILES string of the molecule is C1=CCC2=CO[N]CC2=C1. The first kappa shape index (κ1) is 5.74. The van der Waals surface area contributed by atoms with Crippen LogP contribution in [0.15, 0.2) is 35.6 Å². The van der Waals surface area contributed by atoms with Crippen molar-refractivity contribution in [2.24, 2.45) is 0 Å². The molecule has 0 fully saturated rings. The summed E-state index contributed by atoms with van der Waals surface area (Å²) in [4.78, 5) is 4.83. The van der Waals surface area contributed by atoms with Crippen LogP contribution < -0.4 is 5.48 Å². The molecule has 0 unspecified atom stereocenters. The van der Waals surface area contributed by atoms with E-state index in [4.69, 9.17) is 4.84 Å². The van der Waals surface area contributed by atoms with E-state index in [1.165, 1.54) is 11.1 Å². The summed E-state index contributed by atoms with van der Waals surface area (Å²) in [7, 11) is 0. The minimum atomic E-state index is 0.705. The Bertz CT molecular complexity index is 225. The number of allylic oxidation sites excluding steroid dienone is 3. The summed E-state index contributed by atoms with van der Waals surface area (Å²) in [6.45, 7) is 0.705. The van der Waals surface area contributed by atoms with E-state index in [9.17, 15) is 0 Å². The van der Waals surface area contributed by atoms with Crippen LogP contribution in [0, 0.1) is 0 Å². The average molecular weight is 134 g/mol. The topological polar surface area (TPSA) is 23.3 Å². The molecule has 0 atom stereocenters. The lowest BCUT2D eigenvalue weighted by Gasteiger charge is -2.16. The van der Waals surface area contributed by atoms with Gasteiger partial charge in [-0.25, -0.2) is 0 Å². The molecular weight excluding hydrogens is 126 g/mol. The van der Waals surface area contributed by atoms with Gasteiger partial charge < -0.3 is 4.84 Å². The van der Waals surface area contributed by atoms with Crippen LogP contribution in [0.2, 0.25) is 0 Å². The molecule has 0 aromatic heterocycles. The van der Waals surface area contributed by atoms with E-state index >= 15 is 0 Å². The third kappa shape index (κ3) is 0.866. The van der Waals surface area contributed by atoms with Gasteiger partial charge in [0.2, 0.25) is 0 Å². The van der Waals surface area contributed by atoms with E-state index in [-0.39, 0.29) is 0 Å². The second-order valence-corrected chi connectivity index (χ2v) is 2.36.